The second-order valence-corrected chi connectivity index (χ2v) is 10.1. The maximum Gasteiger partial charge on any atom is 0.195 e. The summed E-state index contributed by atoms with van der Waals surface area (Å²) in [6.45, 7) is 0.394. The molecule has 8 nitrogen and oxygen atoms in total. The number of hydrogen-bond donors (Lipinski definition) is 3. The quantitative estimate of drug-likeness (QED) is 0.220. The van der Waals surface area contributed by atoms with Gasteiger partial charge in [0.05, 0.1) is 17.8 Å². The molecule has 0 fully saturated rings. The van der Waals surface area contributed by atoms with Gasteiger partial charge in [0, 0.05) is 82.3 Å². The first kappa shape index (κ1) is 23.2. The molecule has 1 atom stereocenters. The number of hydrogen-bond acceptors (Lipinski definition) is 8. The van der Waals surface area contributed by atoms with Gasteiger partial charge in [0.1, 0.15) is 0 Å². The molecule has 3 N–H and O–H groups in total. The number of nitrogens with zero attached hydrogens (tertiary/aromatic N) is 3. The van der Waals surface area contributed by atoms with E-state index in [1.165, 1.54) is 6.21 Å². The minimum atomic E-state index is -1.33. The van der Waals surface area contributed by atoms with Gasteiger partial charge in [0.15, 0.2) is 16.1 Å². The van der Waals surface area contributed by atoms with E-state index in [0.29, 0.717) is 34.0 Å². The van der Waals surface area contributed by atoms with Crippen molar-refractivity contribution in [1.29, 1.82) is 5.41 Å². The summed E-state index contributed by atoms with van der Waals surface area (Å²) >= 11 is 0.217. The van der Waals surface area contributed by atoms with Crippen LogP contribution in [0.4, 0.5) is 0 Å². The monoisotopic (exact) mass is 502 g/mol. The average molecular weight is 503 g/mol. The Bertz CT molecular complexity index is 1610. The van der Waals surface area contributed by atoms with Gasteiger partial charge in [-0.25, -0.2) is 4.98 Å². The number of imidazole rings is 1. The van der Waals surface area contributed by atoms with Gasteiger partial charge < -0.3 is 15.3 Å². The molecule has 5 aromatic rings. The molecule has 176 valence electrons. The van der Waals surface area contributed by atoms with Crippen molar-refractivity contribution >= 4 is 61.1 Å². The van der Waals surface area contributed by atoms with Crippen LogP contribution >= 0.6 is 11.3 Å². The minimum Gasteiger partial charge on any atom is -0.598 e. The molecular weight excluding hydrogens is 480 g/mol. The fraction of sp³-hybridized carbons (Fsp3) is 0.120. The Balaban J connectivity index is 1.43. The van der Waals surface area contributed by atoms with E-state index in [9.17, 15) is 9.35 Å². The second-order valence-electron chi connectivity index (χ2n) is 7.91. The highest BCUT2D eigenvalue weighted by atomic mass is 32.2. The van der Waals surface area contributed by atoms with E-state index < -0.39 is 11.4 Å². The molecule has 1 unspecified atom stereocenters. The van der Waals surface area contributed by atoms with E-state index in [2.05, 4.69) is 20.0 Å². The molecule has 3 heterocycles. The summed E-state index contributed by atoms with van der Waals surface area (Å²) in [5, 5.41) is 14.3. The van der Waals surface area contributed by atoms with Gasteiger partial charge in [-0.3, -0.25) is 14.2 Å². The third-order valence-electron chi connectivity index (χ3n) is 5.59. The standard InChI is InChI=1S/C25H22N6O2S2/c1-27-11-19(10-26)18-9-22-23(28-12-18)5-4-17-3-2-16(8-21(17)24(22)32)15-35(33)29-13-20-14-31-6-7-34-25(31)30-20/h2-12,14,26-27,29H,13,15H2,1H3/b19-11+,26-10?. The molecule has 0 bridgehead atoms. The first-order valence-electron chi connectivity index (χ1n) is 10.8. The summed E-state index contributed by atoms with van der Waals surface area (Å²) < 4.78 is 17.6. The van der Waals surface area contributed by atoms with E-state index in [4.69, 9.17) is 5.41 Å². The number of benzene rings is 1. The zero-order valence-corrected chi connectivity index (χ0v) is 20.5. The highest BCUT2D eigenvalue weighted by Gasteiger charge is 2.13. The van der Waals surface area contributed by atoms with Crippen LogP contribution in [0.2, 0.25) is 0 Å². The third kappa shape index (κ3) is 4.82. The first-order valence-corrected chi connectivity index (χ1v) is 13.0. The van der Waals surface area contributed by atoms with Crippen LogP contribution in [-0.2, 0) is 23.7 Å². The maximum atomic E-state index is 13.5. The molecule has 0 radical (unpaired) electrons. The SMILES string of the molecule is CN/C=C(\C=N)c1cnc2ccc3ccc(C[S+]([O-])NCc4cn5ccsc5n4)cc3c(=O)c2c1. The lowest BCUT2D eigenvalue weighted by Crippen LogP contribution is -2.25. The third-order valence-corrected chi connectivity index (χ3v) is 7.42. The number of aromatic nitrogens is 3. The summed E-state index contributed by atoms with van der Waals surface area (Å²) in [7, 11) is 1.75. The van der Waals surface area contributed by atoms with E-state index in [-0.39, 0.29) is 11.2 Å². The van der Waals surface area contributed by atoms with Crippen LogP contribution in [0.5, 0.6) is 0 Å². The summed E-state index contributed by atoms with van der Waals surface area (Å²) in [6, 6.07) is 11.0. The Labute approximate surface area is 208 Å². The lowest BCUT2D eigenvalue weighted by atomic mass is 10.1. The molecule has 0 aliphatic carbocycles. The highest BCUT2D eigenvalue weighted by molar-refractivity contribution is 7.88. The highest BCUT2D eigenvalue weighted by Crippen LogP contribution is 2.20. The van der Waals surface area contributed by atoms with Gasteiger partial charge in [-0.1, -0.05) is 18.2 Å². The molecule has 10 heteroatoms. The van der Waals surface area contributed by atoms with Gasteiger partial charge in [0.25, 0.3) is 0 Å². The zero-order valence-electron chi connectivity index (χ0n) is 18.8. The summed E-state index contributed by atoms with van der Waals surface area (Å²) in [5.74, 6) is 0.264. The molecule has 0 aliphatic heterocycles. The van der Waals surface area contributed by atoms with Crippen molar-refractivity contribution in [2.75, 3.05) is 7.05 Å². The van der Waals surface area contributed by atoms with Crippen LogP contribution in [0.3, 0.4) is 0 Å². The number of nitrogens with one attached hydrogen (secondary N) is 3. The molecular formula is C25H22N6O2S2. The van der Waals surface area contributed by atoms with Crippen molar-refractivity contribution < 1.29 is 4.55 Å². The summed E-state index contributed by atoms with van der Waals surface area (Å²) in [6.07, 6.45) is 8.42. The Morgan fingerprint density at radius 2 is 2.11 bits per heavy atom. The van der Waals surface area contributed by atoms with Crippen LogP contribution in [0.15, 0.2) is 71.4 Å². The van der Waals surface area contributed by atoms with Gasteiger partial charge in [-0.15, -0.1) is 16.1 Å². The smallest absolute Gasteiger partial charge is 0.195 e. The fourth-order valence-electron chi connectivity index (χ4n) is 3.88. The van der Waals surface area contributed by atoms with Crippen molar-refractivity contribution in [2.45, 2.75) is 12.3 Å². The normalized spacial score (nSPS) is 12.9. The molecule has 0 amide bonds. The molecule has 35 heavy (non-hydrogen) atoms. The van der Waals surface area contributed by atoms with E-state index in [0.717, 1.165) is 21.6 Å². The van der Waals surface area contributed by atoms with Gasteiger partial charge in [-0.05, 0) is 23.6 Å². The number of rotatable bonds is 8. The van der Waals surface area contributed by atoms with Gasteiger partial charge >= 0.3 is 0 Å². The van der Waals surface area contributed by atoms with Gasteiger partial charge in [0.2, 0.25) is 0 Å². The molecule has 3 aromatic heterocycles. The van der Waals surface area contributed by atoms with Crippen molar-refractivity contribution in [3.8, 4) is 0 Å². The van der Waals surface area contributed by atoms with Crippen molar-refractivity contribution in [3.63, 3.8) is 0 Å². The molecule has 2 aromatic carbocycles. The molecule has 5 rings (SSSR count). The second kappa shape index (κ2) is 9.96. The van der Waals surface area contributed by atoms with Crippen LogP contribution in [0.25, 0.3) is 32.2 Å². The summed E-state index contributed by atoms with van der Waals surface area (Å²) in [4.78, 5) is 23.3. The topological polar surface area (TPSA) is 118 Å². The molecule has 0 saturated carbocycles. The molecule has 0 aliphatic rings. The predicted octanol–water partition coefficient (Wildman–Crippen LogP) is 3.62. The van der Waals surface area contributed by atoms with Crippen molar-refractivity contribution in [3.05, 3.63) is 93.6 Å². The summed E-state index contributed by atoms with van der Waals surface area (Å²) in [5.41, 5.74) is 3.35. The molecule has 0 spiro atoms. The average Bonchev–Trinajstić information content (AvgIpc) is 3.43. The minimum absolute atomic E-state index is 0.151. The van der Waals surface area contributed by atoms with E-state index >= 15 is 0 Å². The Morgan fingerprint density at radius 3 is 2.91 bits per heavy atom. The molecule has 0 saturated heterocycles. The number of allylic oxidation sites excluding steroid dienone is 1. The van der Waals surface area contributed by atoms with Crippen LogP contribution in [0.1, 0.15) is 16.8 Å². The first-order chi connectivity index (χ1) is 17.1. The predicted molar refractivity (Wildman–Crippen MR) is 143 cm³/mol. The van der Waals surface area contributed by atoms with Crippen molar-refractivity contribution in [1.82, 2.24) is 24.4 Å². The lowest BCUT2D eigenvalue weighted by molar-refractivity contribution is 0.579. The van der Waals surface area contributed by atoms with E-state index in [1.54, 1.807) is 42.9 Å². The lowest BCUT2D eigenvalue weighted by Gasteiger charge is -2.10. The number of thiazole rings is 1. The zero-order chi connectivity index (χ0) is 24.4. The van der Waals surface area contributed by atoms with Crippen LogP contribution in [-0.4, -0.2) is 32.2 Å². The fourth-order valence-corrected chi connectivity index (χ4v) is 5.49. The Morgan fingerprint density at radius 1 is 1.26 bits per heavy atom. The van der Waals surface area contributed by atoms with Crippen LogP contribution in [0, 0.1) is 5.41 Å². The Hall–Kier alpha value is -3.57. The number of fused-ring (bicyclic) bond motifs is 3. The van der Waals surface area contributed by atoms with Crippen molar-refractivity contribution in [2.24, 2.45) is 0 Å². The number of pyridine rings is 1. The maximum absolute atomic E-state index is 13.5. The van der Waals surface area contributed by atoms with E-state index in [1.807, 2.05) is 46.4 Å². The Kier molecular flexibility index (Phi) is 6.60. The largest absolute Gasteiger partial charge is 0.598 e. The van der Waals surface area contributed by atoms with Gasteiger partial charge in [-0.2, -0.15) is 0 Å². The van der Waals surface area contributed by atoms with Crippen LogP contribution < -0.4 is 15.5 Å².